The molecule has 0 N–H and O–H groups in total. The number of aromatic nitrogens is 2. The molecule has 1 amide bonds. The molecular weight excluding hydrogens is 355 g/mol. The Balaban J connectivity index is 1.47. The zero-order valence-electron chi connectivity index (χ0n) is 14.8. The average molecular weight is 375 g/mol. The first kappa shape index (κ1) is 16.8. The van der Waals surface area contributed by atoms with E-state index in [4.69, 9.17) is 0 Å². The Hall–Kier alpha value is -2.31. The van der Waals surface area contributed by atoms with Gasteiger partial charge in [-0.3, -0.25) is 4.79 Å². The zero-order valence-corrected chi connectivity index (χ0v) is 14.8. The number of hydrogen-bond acceptors (Lipinski definition) is 2. The molecule has 0 radical (unpaired) electrons. The van der Waals surface area contributed by atoms with Gasteiger partial charge in [0, 0.05) is 30.6 Å². The second kappa shape index (κ2) is 5.84. The van der Waals surface area contributed by atoms with Gasteiger partial charge in [0.05, 0.1) is 5.69 Å². The molecule has 1 aromatic heterocycles. The second-order valence-corrected chi connectivity index (χ2v) is 7.84. The van der Waals surface area contributed by atoms with Crippen LogP contribution in [-0.2, 0) is 23.8 Å². The van der Waals surface area contributed by atoms with E-state index in [0.717, 1.165) is 44.2 Å². The largest absolute Gasteiger partial charge is 0.435 e. The summed E-state index contributed by atoms with van der Waals surface area (Å²) >= 11 is 0. The third-order valence-electron chi connectivity index (χ3n) is 5.92. The number of nitrogens with zero attached hydrogens (tertiary/aromatic N) is 3. The van der Waals surface area contributed by atoms with Crippen LogP contribution >= 0.6 is 0 Å². The van der Waals surface area contributed by atoms with Gasteiger partial charge in [0.15, 0.2) is 5.69 Å². The van der Waals surface area contributed by atoms with Crippen molar-refractivity contribution < 1.29 is 18.0 Å². The van der Waals surface area contributed by atoms with Crippen LogP contribution in [-0.4, -0.2) is 33.2 Å². The van der Waals surface area contributed by atoms with E-state index in [1.165, 1.54) is 16.3 Å². The van der Waals surface area contributed by atoms with Crippen LogP contribution in [0.4, 0.5) is 13.2 Å². The highest BCUT2D eigenvalue weighted by atomic mass is 19.4. The van der Waals surface area contributed by atoms with Crippen molar-refractivity contribution in [3.63, 3.8) is 0 Å². The van der Waals surface area contributed by atoms with E-state index in [-0.39, 0.29) is 17.9 Å². The van der Waals surface area contributed by atoms with Crippen LogP contribution in [0.15, 0.2) is 24.3 Å². The van der Waals surface area contributed by atoms with Crippen LogP contribution < -0.4 is 0 Å². The number of carbonyl (C=O) groups excluding carboxylic acids is 1. The Labute approximate surface area is 155 Å². The molecule has 2 fully saturated rings. The van der Waals surface area contributed by atoms with Gasteiger partial charge in [-0.2, -0.15) is 18.3 Å². The lowest BCUT2D eigenvalue weighted by Crippen LogP contribution is -2.36. The number of amides is 1. The fourth-order valence-electron chi connectivity index (χ4n) is 4.40. The Kier molecular flexibility index (Phi) is 3.64. The second-order valence-electron chi connectivity index (χ2n) is 7.84. The maximum atomic E-state index is 13.1. The molecule has 27 heavy (non-hydrogen) atoms. The molecule has 1 aromatic carbocycles. The highest BCUT2D eigenvalue weighted by Gasteiger charge is 2.38. The quantitative estimate of drug-likeness (QED) is 0.817. The molecule has 1 atom stereocenters. The normalized spacial score (nSPS) is 22.6. The van der Waals surface area contributed by atoms with Gasteiger partial charge in [0.25, 0.3) is 0 Å². The highest BCUT2D eigenvalue weighted by molar-refractivity contribution is 5.78. The van der Waals surface area contributed by atoms with Gasteiger partial charge < -0.3 is 4.90 Å². The monoisotopic (exact) mass is 375 g/mol. The molecule has 0 bridgehead atoms. The molecule has 4 nitrogen and oxygen atoms in total. The average Bonchev–Trinajstić information content (AvgIpc) is 3.05. The lowest BCUT2D eigenvalue weighted by atomic mass is 10.1. The molecule has 1 saturated carbocycles. The topological polar surface area (TPSA) is 38.1 Å². The number of alkyl halides is 3. The van der Waals surface area contributed by atoms with Gasteiger partial charge in [-0.05, 0) is 61.4 Å². The van der Waals surface area contributed by atoms with Crippen molar-refractivity contribution in [2.45, 2.75) is 56.7 Å². The minimum atomic E-state index is -4.44. The molecule has 1 aliphatic heterocycles. The Morgan fingerprint density at radius 2 is 1.85 bits per heavy atom. The molecule has 1 saturated heterocycles. The van der Waals surface area contributed by atoms with Crippen LogP contribution in [0.25, 0.3) is 5.69 Å². The lowest BCUT2D eigenvalue weighted by Gasteiger charge is -2.23. The number of fused-ring (bicyclic) bond motifs is 1. The van der Waals surface area contributed by atoms with E-state index in [2.05, 4.69) is 5.10 Å². The van der Waals surface area contributed by atoms with E-state index in [9.17, 15) is 18.0 Å². The van der Waals surface area contributed by atoms with Crippen molar-refractivity contribution >= 4 is 5.91 Å². The van der Waals surface area contributed by atoms with Gasteiger partial charge in [-0.15, -0.1) is 0 Å². The van der Waals surface area contributed by atoms with E-state index in [1.807, 2.05) is 23.1 Å². The Morgan fingerprint density at radius 1 is 1.07 bits per heavy atom. The van der Waals surface area contributed by atoms with E-state index >= 15 is 0 Å². The van der Waals surface area contributed by atoms with E-state index in [0.29, 0.717) is 17.8 Å². The Bertz CT molecular complexity index is 914. The number of halogens is 3. The summed E-state index contributed by atoms with van der Waals surface area (Å²) in [6.07, 6.45) is 0.503. The van der Waals surface area contributed by atoms with Gasteiger partial charge in [0.2, 0.25) is 5.91 Å². The molecular formula is C20H20F3N3O. The number of hydrogen-bond donors (Lipinski definition) is 0. The van der Waals surface area contributed by atoms with Gasteiger partial charge in [-0.1, -0.05) is 6.07 Å². The minimum absolute atomic E-state index is 0.164. The zero-order chi connectivity index (χ0) is 18.8. The van der Waals surface area contributed by atoms with Crippen molar-refractivity contribution in [2.75, 3.05) is 6.54 Å². The third-order valence-corrected chi connectivity index (χ3v) is 5.92. The summed E-state index contributed by atoms with van der Waals surface area (Å²) in [4.78, 5) is 14.0. The van der Waals surface area contributed by atoms with E-state index < -0.39 is 11.9 Å². The van der Waals surface area contributed by atoms with E-state index in [1.54, 1.807) is 0 Å². The lowest BCUT2D eigenvalue weighted by molar-refractivity contribution is -0.141. The predicted octanol–water partition coefficient (Wildman–Crippen LogP) is 3.86. The molecule has 2 heterocycles. The van der Waals surface area contributed by atoms with Crippen LogP contribution in [0.3, 0.4) is 0 Å². The summed E-state index contributed by atoms with van der Waals surface area (Å²) in [6.45, 7) is 0.810. The summed E-state index contributed by atoms with van der Waals surface area (Å²) in [7, 11) is 0. The van der Waals surface area contributed by atoms with Crippen molar-refractivity contribution in [2.24, 2.45) is 0 Å². The molecule has 5 rings (SSSR count). The van der Waals surface area contributed by atoms with Crippen LogP contribution in [0.5, 0.6) is 0 Å². The minimum Gasteiger partial charge on any atom is -0.339 e. The molecule has 2 aromatic rings. The summed E-state index contributed by atoms with van der Waals surface area (Å²) < 4.78 is 40.9. The molecule has 2 aliphatic carbocycles. The smallest absolute Gasteiger partial charge is 0.339 e. The third kappa shape index (κ3) is 2.93. The number of rotatable bonds is 3. The standard InChI is InChI=1S/C20H20F3N3O/c21-20(22,23)18-11-17(12-3-4-12)26(24-18)15-6-5-13-8-16(10-14(13)9-15)25-7-1-2-19(25)27/h5-6,9,11-12,16H,1-4,7-8,10H2/t16-/m1/s1. The summed E-state index contributed by atoms with van der Waals surface area (Å²) in [6, 6.07) is 7.16. The van der Waals surface area contributed by atoms with Gasteiger partial charge in [-0.25, -0.2) is 4.68 Å². The van der Waals surface area contributed by atoms with Gasteiger partial charge in [0.1, 0.15) is 0 Å². The van der Waals surface area contributed by atoms with Crippen LogP contribution in [0.2, 0.25) is 0 Å². The number of carbonyl (C=O) groups is 1. The SMILES string of the molecule is O=C1CCCN1[C@@H]1Cc2ccc(-n3nc(C(F)(F)F)cc3C3CC3)cc2C1. The Morgan fingerprint density at radius 3 is 2.52 bits per heavy atom. The maximum absolute atomic E-state index is 13.1. The molecule has 142 valence electrons. The molecule has 0 unspecified atom stereocenters. The van der Waals surface area contributed by atoms with Crippen LogP contribution in [0.1, 0.15) is 54.1 Å². The van der Waals surface area contributed by atoms with Crippen molar-refractivity contribution in [1.82, 2.24) is 14.7 Å². The molecule has 7 heteroatoms. The summed E-state index contributed by atoms with van der Waals surface area (Å²) in [5.74, 6) is 0.378. The van der Waals surface area contributed by atoms with Crippen molar-refractivity contribution in [1.29, 1.82) is 0 Å². The first-order valence-electron chi connectivity index (χ1n) is 9.49. The number of benzene rings is 1. The summed E-state index contributed by atoms with van der Waals surface area (Å²) in [5, 5.41) is 3.87. The summed E-state index contributed by atoms with van der Waals surface area (Å²) in [5.41, 5.74) is 2.79. The first-order valence-corrected chi connectivity index (χ1v) is 9.49. The molecule has 0 spiro atoms. The van der Waals surface area contributed by atoms with Crippen molar-refractivity contribution in [3.05, 3.63) is 46.8 Å². The van der Waals surface area contributed by atoms with Crippen molar-refractivity contribution in [3.8, 4) is 5.69 Å². The van der Waals surface area contributed by atoms with Gasteiger partial charge >= 0.3 is 6.18 Å². The fourth-order valence-corrected chi connectivity index (χ4v) is 4.40. The molecule has 3 aliphatic rings. The first-order chi connectivity index (χ1) is 12.9. The maximum Gasteiger partial charge on any atom is 0.435 e. The van der Waals surface area contributed by atoms with Crippen LogP contribution in [0, 0.1) is 0 Å². The number of likely N-dealkylation sites (tertiary alicyclic amines) is 1. The predicted molar refractivity (Wildman–Crippen MR) is 92.7 cm³/mol. The fraction of sp³-hybridized carbons (Fsp3) is 0.500. The highest BCUT2D eigenvalue weighted by Crippen LogP contribution is 2.43.